The largest absolute Gasteiger partial charge is 0.266 e. The number of benzene rings is 1. The number of halogens is 3. The SMILES string of the molecule is Fc1cc2c(S)csc2cc1C(F)F. The van der Waals surface area contributed by atoms with E-state index in [1.165, 1.54) is 17.4 Å². The molecule has 5 heteroatoms. The van der Waals surface area contributed by atoms with E-state index in [0.29, 0.717) is 15.0 Å². The molecule has 1 heterocycles. The summed E-state index contributed by atoms with van der Waals surface area (Å²) in [5, 5.41) is 2.28. The maximum atomic E-state index is 13.1. The van der Waals surface area contributed by atoms with Crippen molar-refractivity contribution in [2.75, 3.05) is 0 Å². The molecule has 0 unspecified atom stereocenters. The molecule has 0 aliphatic carbocycles. The number of thiophene rings is 1. The van der Waals surface area contributed by atoms with Crippen molar-refractivity contribution in [1.29, 1.82) is 0 Å². The van der Waals surface area contributed by atoms with E-state index >= 15 is 0 Å². The van der Waals surface area contributed by atoms with E-state index in [4.69, 9.17) is 0 Å². The van der Waals surface area contributed by atoms with Gasteiger partial charge in [-0.05, 0) is 12.1 Å². The van der Waals surface area contributed by atoms with Crippen LogP contribution in [0.2, 0.25) is 0 Å². The van der Waals surface area contributed by atoms with Gasteiger partial charge in [0.15, 0.2) is 0 Å². The Kier molecular flexibility index (Phi) is 2.45. The Morgan fingerprint density at radius 2 is 2.00 bits per heavy atom. The van der Waals surface area contributed by atoms with Crippen LogP contribution in [0.15, 0.2) is 22.4 Å². The quantitative estimate of drug-likeness (QED) is 0.700. The molecule has 2 rings (SSSR count). The summed E-state index contributed by atoms with van der Waals surface area (Å²) < 4.78 is 38.4. The predicted molar refractivity (Wildman–Crippen MR) is 54.0 cm³/mol. The van der Waals surface area contributed by atoms with Crippen LogP contribution in [0.25, 0.3) is 10.1 Å². The maximum absolute atomic E-state index is 13.1. The Hall–Kier alpha value is -0.680. The van der Waals surface area contributed by atoms with Gasteiger partial charge in [-0.1, -0.05) is 0 Å². The summed E-state index contributed by atoms with van der Waals surface area (Å²) in [6, 6.07) is 2.29. The highest BCUT2D eigenvalue weighted by Crippen LogP contribution is 2.33. The molecule has 0 aliphatic rings. The molecule has 0 spiro atoms. The van der Waals surface area contributed by atoms with Crippen molar-refractivity contribution in [3.05, 3.63) is 28.9 Å². The monoisotopic (exact) mass is 234 g/mol. The number of rotatable bonds is 1. The zero-order chi connectivity index (χ0) is 10.3. The minimum absolute atomic E-state index is 0.548. The van der Waals surface area contributed by atoms with Crippen LogP contribution in [0.4, 0.5) is 13.2 Å². The second-order valence-electron chi connectivity index (χ2n) is 2.79. The first-order valence-corrected chi connectivity index (χ1v) is 5.10. The second kappa shape index (κ2) is 3.47. The summed E-state index contributed by atoms with van der Waals surface area (Å²) in [5.41, 5.74) is -0.548. The molecule has 74 valence electrons. The molecule has 0 bridgehead atoms. The van der Waals surface area contributed by atoms with Crippen LogP contribution >= 0.6 is 24.0 Å². The van der Waals surface area contributed by atoms with Gasteiger partial charge in [0.1, 0.15) is 5.82 Å². The van der Waals surface area contributed by atoms with Crippen LogP contribution < -0.4 is 0 Å². The van der Waals surface area contributed by atoms with Crippen LogP contribution in [0.5, 0.6) is 0 Å². The van der Waals surface area contributed by atoms with Gasteiger partial charge in [-0.3, -0.25) is 0 Å². The molecule has 0 saturated carbocycles. The van der Waals surface area contributed by atoms with Crippen molar-refractivity contribution in [3.8, 4) is 0 Å². The Bertz CT molecular complexity index is 476. The Morgan fingerprint density at radius 3 is 2.64 bits per heavy atom. The van der Waals surface area contributed by atoms with Gasteiger partial charge in [-0.2, -0.15) is 0 Å². The first-order valence-electron chi connectivity index (χ1n) is 3.77. The van der Waals surface area contributed by atoms with Crippen molar-refractivity contribution >= 4 is 34.1 Å². The highest BCUT2D eigenvalue weighted by molar-refractivity contribution is 7.80. The van der Waals surface area contributed by atoms with E-state index in [0.717, 1.165) is 6.07 Å². The van der Waals surface area contributed by atoms with Gasteiger partial charge in [0, 0.05) is 20.4 Å². The lowest BCUT2D eigenvalue weighted by Crippen LogP contribution is -1.89. The molecule has 1 aromatic carbocycles. The Morgan fingerprint density at radius 1 is 1.29 bits per heavy atom. The van der Waals surface area contributed by atoms with Crippen LogP contribution in [-0.4, -0.2) is 0 Å². The van der Waals surface area contributed by atoms with E-state index in [9.17, 15) is 13.2 Å². The summed E-state index contributed by atoms with van der Waals surface area (Å²) in [6.07, 6.45) is -2.77. The lowest BCUT2D eigenvalue weighted by Gasteiger charge is -2.01. The van der Waals surface area contributed by atoms with E-state index < -0.39 is 17.8 Å². The minimum atomic E-state index is -2.77. The molecule has 0 aliphatic heterocycles. The first-order chi connectivity index (χ1) is 6.59. The fourth-order valence-corrected chi connectivity index (χ4v) is 2.49. The molecule has 0 N–H and O–H groups in total. The minimum Gasteiger partial charge on any atom is -0.206 e. The standard InChI is InChI=1S/C9H5F3S2/c10-6-1-5-7(13)3-14-8(5)2-4(6)9(11)12/h1-3,9,13H. The number of alkyl halides is 2. The van der Waals surface area contributed by atoms with Crippen LogP contribution in [0.3, 0.4) is 0 Å². The highest BCUT2D eigenvalue weighted by Gasteiger charge is 2.15. The van der Waals surface area contributed by atoms with Gasteiger partial charge >= 0.3 is 0 Å². The second-order valence-corrected chi connectivity index (χ2v) is 4.18. The summed E-state index contributed by atoms with van der Waals surface area (Å²) >= 11 is 5.37. The molecular formula is C9H5F3S2. The molecule has 1 aromatic heterocycles. The van der Waals surface area contributed by atoms with E-state index in [2.05, 4.69) is 12.6 Å². The Labute approximate surface area is 87.8 Å². The molecule has 2 aromatic rings. The third-order valence-corrected chi connectivity index (χ3v) is 3.40. The van der Waals surface area contributed by atoms with Crippen molar-refractivity contribution in [2.45, 2.75) is 11.3 Å². The summed E-state index contributed by atoms with van der Waals surface area (Å²) in [6.45, 7) is 0. The molecule has 14 heavy (non-hydrogen) atoms. The molecule has 0 saturated heterocycles. The van der Waals surface area contributed by atoms with Crippen LogP contribution in [0.1, 0.15) is 12.0 Å². The van der Waals surface area contributed by atoms with E-state index in [-0.39, 0.29) is 0 Å². The first kappa shape index (κ1) is 9.86. The van der Waals surface area contributed by atoms with Crippen LogP contribution in [-0.2, 0) is 0 Å². The van der Waals surface area contributed by atoms with Gasteiger partial charge in [-0.25, -0.2) is 13.2 Å². The van der Waals surface area contributed by atoms with Gasteiger partial charge in [-0.15, -0.1) is 24.0 Å². The lowest BCUT2D eigenvalue weighted by atomic mass is 10.2. The lowest BCUT2D eigenvalue weighted by molar-refractivity contribution is 0.146. The van der Waals surface area contributed by atoms with Crippen molar-refractivity contribution in [3.63, 3.8) is 0 Å². The number of hydrogen-bond donors (Lipinski definition) is 1. The average Bonchev–Trinajstić information content (AvgIpc) is 2.46. The molecule has 0 nitrogen and oxygen atoms in total. The average molecular weight is 234 g/mol. The predicted octanol–water partition coefficient (Wildman–Crippen LogP) is 4.27. The normalized spacial score (nSPS) is 11.5. The number of hydrogen-bond acceptors (Lipinski definition) is 2. The van der Waals surface area contributed by atoms with E-state index in [1.807, 2.05) is 0 Å². The molecule has 0 amide bonds. The molecular weight excluding hydrogens is 229 g/mol. The number of fused-ring (bicyclic) bond motifs is 1. The van der Waals surface area contributed by atoms with Gasteiger partial charge in [0.25, 0.3) is 6.43 Å². The van der Waals surface area contributed by atoms with Crippen LogP contribution in [0, 0.1) is 5.82 Å². The molecule has 0 fully saturated rings. The molecule has 0 radical (unpaired) electrons. The maximum Gasteiger partial charge on any atom is 0.266 e. The van der Waals surface area contributed by atoms with Crippen molar-refractivity contribution < 1.29 is 13.2 Å². The number of thiol groups is 1. The third kappa shape index (κ3) is 1.50. The topological polar surface area (TPSA) is 0 Å². The Balaban J connectivity index is 2.72. The van der Waals surface area contributed by atoms with Crippen molar-refractivity contribution in [1.82, 2.24) is 0 Å². The zero-order valence-electron chi connectivity index (χ0n) is 6.80. The summed E-state index contributed by atoms with van der Waals surface area (Å²) in [5.74, 6) is -0.874. The zero-order valence-corrected chi connectivity index (χ0v) is 8.51. The van der Waals surface area contributed by atoms with Gasteiger partial charge in [0.2, 0.25) is 0 Å². The fraction of sp³-hybridized carbons (Fsp3) is 0.111. The fourth-order valence-electron chi connectivity index (χ4n) is 1.22. The molecule has 0 atom stereocenters. The third-order valence-electron chi connectivity index (χ3n) is 1.91. The highest BCUT2D eigenvalue weighted by atomic mass is 32.1. The summed E-state index contributed by atoms with van der Waals surface area (Å²) in [4.78, 5) is 0.615. The van der Waals surface area contributed by atoms with E-state index in [1.54, 1.807) is 5.38 Å². The van der Waals surface area contributed by atoms with Gasteiger partial charge in [0.05, 0.1) is 5.56 Å². The van der Waals surface area contributed by atoms with Gasteiger partial charge < -0.3 is 0 Å². The summed E-state index contributed by atoms with van der Waals surface area (Å²) in [7, 11) is 0. The van der Waals surface area contributed by atoms with Crippen molar-refractivity contribution in [2.24, 2.45) is 0 Å². The smallest absolute Gasteiger partial charge is 0.206 e.